The average molecular weight is 296 g/mol. The highest BCUT2D eigenvalue weighted by Crippen LogP contribution is 2.19. The number of thioether (sulfide) groups is 1. The van der Waals surface area contributed by atoms with Crippen molar-refractivity contribution >= 4 is 17.5 Å². The maximum Gasteiger partial charge on any atom is 0.147 e. The van der Waals surface area contributed by atoms with Gasteiger partial charge in [-0.2, -0.15) is 0 Å². The fraction of sp³-hybridized carbons (Fsp3) is 0.133. The topological polar surface area (TPSA) is 17.1 Å². The summed E-state index contributed by atoms with van der Waals surface area (Å²) in [6.45, 7) is 0. The van der Waals surface area contributed by atoms with E-state index in [1.165, 1.54) is 30.0 Å². The first-order chi connectivity index (χ1) is 9.54. The molecule has 2 aromatic carbocycles. The second kappa shape index (κ2) is 6.61. The van der Waals surface area contributed by atoms with E-state index in [2.05, 4.69) is 0 Å². The van der Waals surface area contributed by atoms with Crippen LogP contribution in [0.25, 0.3) is 0 Å². The Morgan fingerprint density at radius 2 is 1.60 bits per heavy atom. The van der Waals surface area contributed by atoms with E-state index in [1.54, 1.807) is 12.1 Å². The fourth-order valence-electron chi connectivity index (χ4n) is 1.62. The molecule has 2 rings (SSSR count). The lowest BCUT2D eigenvalue weighted by atomic mass is 10.1. The van der Waals surface area contributed by atoms with Gasteiger partial charge in [-0.1, -0.05) is 6.07 Å². The number of carbonyl (C=O) groups excluding carboxylic acids is 1. The Kier molecular flexibility index (Phi) is 4.84. The molecule has 0 unspecified atom stereocenters. The zero-order chi connectivity index (χ0) is 14.5. The van der Waals surface area contributed by atoms with Crippen LogP contribution in [0.2, 0.25) is 0 Å². The van der Waals surface area contributed by atoms with Crippen LogP contribution < -0.4 is 0 Å². The summed E-state index contributed by atoms with van der Waals surface area (Å²) in [6, 6.07) is 8.93. The van der Waals surface area contributed by atoms with Gasteiger partial charge in [-0.15, -0.1) is 11.8 Å². The highest BCUT2D eigenvalue weighted by molar-refractivity contribution is 8.00. The molecular formula is C15H11F3OS. The van der Waals surface area contributed by atoms with E-state index in [0.29, 0.717) is 0 Å². The van der Waals surface area contributed by atoms with Crippen LogP contribution in [0.3, 0.4) is 0 Å². The van der Waals surface area contributed by atoms with Gasteiger partial charge in [0.05, 0.1) is 5.75 Å². The Morgan fingerprint density at radius 1 is 0.950 bits per heavy atom. The summed E-state index contributed by atoms with van der Waals surface area (Å²) >= 11 is 1.25. The molecule has 0 saturated carbocycles. The average Bonchev–Trinajstić information content (AvgIpc) is 2.41. The Labute approximate surface area is 118 Å². The van der Waals surface area contributed by atoms with Gasteiger partial charge in [-0.25, -0.2) is 13.2 Å². The maximum atomic E-state index is 13.4. The van der Waals surface area contributed by atoms with Gasteiger partial charge in [0.1, 0.15) is 23.2 Å². The second-order valence-electron chi connectivity index (χ2n) is 4.19. The molecule has 0 saturated heterocycles. The van der Waals surface area contributed by atoms with Gasteiger partial charge < -0.3 is 0 Å². The molecule has 0 radical (unpaired) electrons. The molecule has 104 valence electrons. The predicted molar refractivity (Wildman–Crippen MR) is 72.2 cm³/mol. The molecule has 0 fully saturated rings. The van der Waals surface area contributed by atoms with Gasteiger partial charge in [-0.3, -0.25) is 4.79 Å². The third-order valence-electron chi connectivity index (χ3n) is 2.62. The minimum absolute atomic E-state index is 0.0830. The lowest BCUT2D eigenvalue weighted by molar-refractivity contribution is -0.116. The number of hydrogen-bond acceptors (Lipinski definition) is 2. The molecule has 2 aromatic rings. The summed E-state index contributed by atoms with van der Waals surface area (Å²) in [5, 5.41) is 0. The van der Waals surface area contributed by atoms with Gasteiger partial charge >= 0.3 is 0 Å². The summed E-state index contributed by atoms with van der Waals surface area (Å²) in [4.78, 5) is 12.5. The first kappa shape index (κ1) is 14.7. The van der Waals surface area contributed by atoms with Crippen LogP contribution >= 0.6 is 11.8 Å². The lowest BCUT2D eigenvalue weighted by Crippen LogP contribution is -2.07. The first-order valence-corrected chi connectivity index (χ1v) is 6.87. The van der Waals surface area contributed by atoms with E-state index in [0.717, 1.165) is 17.0 Å². The molecule has 5 heteroatoms. The molecule has 0 heterocycles. The molecule has 0 atom stereocenters. The molecule has 0 aliphatic carbocycles. The number of halogens is 3. The van der Waals surface area contributed by atoms with Crippen molar-refractivity contribution in [3.63, 3.8) is 0 Å². The summed E-state index contributed by atoms with van der Waals surface area (Å²) < 4.78 is 38.8. The minimum Gasteiger partial charge on any atom is -0.298 e. The maximum absolute atomic E-state index is 13.4. The molecule has 0 bridgehead atoms. The minimum atomic E-state index is -0.717. The summed E-state index contributed by atoms with van der Waals surface area (Å²) in [5.74, 6) is -1.74. The molecular weight excluding hydrogens is 285 g/mol. The molecule has 0 amide bonds. The standard InChI is InChI=1S/C15H11F3OS/c16-11-3-5-14(6-4-11)20-9-13(19)7-10-1-2-12(17)8-15(10)18/h1-6,8H,7,9H2. The molecule has 0 aliphatic rings. The van der Waals surface area contributed by atoms with E-state index < -0.39 is 11.6 Å². The summed E-state index contributed by atoms with van der Waals surface area (Å²) in [6.07, 6.45) is -0.0830. The zero-order valence-corrected chi connectivity index (χ0v) is 11.2. The lowest BCUT2D eigenvalue weighted by Gasteiger charge is -2.03. The number of hydrogen-bond donors (Lipinski definition) is 0. The van der Waals surface area contributed by atoms with Gasteiger partial charge in [0.15, 0.2) is 0 Å². The number of benzene rings is 2. The van der Waals surface area contributed by atoms with E-state index in [1.807, 2.05) is 0 Å². The molecule has 0 aromatic heterocycles. The Hall–Kier alpha value is -1.75. The van der Waals surface area contributed by atoms with Gasteiger partial charge in [0, 0.05) is 17.4 Å². The second-order valence-corrected chi connectivity index (χ2v) is 5.24. The fourth-order valence-corrected chi connectivity index (χ4v) is 2.38. The van der Waals surface area contributed by atoms with E-state index in [-0.39, 0.29) is 29.3 Å². The van der Waals surface area contributed by atoms with Crippen LogP contribution in [-0.2, 0) is 11.2 Å². The number of ketones is 1. The quantitative estimate of drug-likeness (QED) is 0.776. The van der Waals surface area contributed by atoms with Crippen LogP contribution in [-0.4, -0.2) is 11.5 Å². The van der Waals surface area contributed by atoms with Crippen LogP contribution in [0.15, 0.2) is 47.4 Å². The number of rotatable bonds is 5. The normalized spacial score (nSPS) is 10.6. The van der Waals surface area contributed by atoms with Crippen LogP contribution in [0.5, 0.6) is 0 Å². The third kappa shape index (κ3) is 4.13. The van der Waals surface area contributed by atoms with Crippen molar-refractivity contribution in [2.75, 3.05) is 5.75 Å². The van der Waals surface area contributed by atoms with Crippen LogP contribution in [0, 0.1) is 17.5 Å². The zero-order valence-electron chi connectivity index (χ0n) is 10.4. The molecule has 0 aliphatic heterocycles. The van der Waals surface area contributed by atoms with Gasteiger partial charge in [0.25, 0.3) is 0 Å². The Bertz CT molecular complexity index is 611. The monoisotopic (exact) mass is 296 g/mol. The Morgan fingerprint density at radius 3 is 2.25 bits per heavy atom. The third-order valence-corrected chi connectivity index (χ3v) is 3.69. The van der Waals surface area contributed by atoms with Crippen molar-refractivity contribution in [1.29, 1.82) is 0 Å². The highest BCUT2D eigenvalue weighted by atomic mass is 32.2. The predicted octanol–water partition coefficient (Wildman–Crippen LogP) is 4.01. The molecule has 1 nitrogen and oxygen atoms in total. The SMILES string of the molecule is O=C(CSc1ccc(F)cc1)Cc1ccc(F)cc1F. The van der Waals surface area contributed by atoms with Crippen molar-refractivity contribution < 1.29 is 18.0 Å². The van der Waals surface area contributed by atoms with E-state index in [9.17, 15) is 18.0 Å². The largest absolute Gasteiger partial charge is 0.298 e. The van der Waals surface area contributed by atoms with Crippen LogP contribution in [0.4, 0.5) is 13.2 Å². The van der Waals surface area contributed by atoms with Gasteiger partial charge in [-0.05, 0) is 35.9 Å². The molecule has 0 N–H and O–H groups in total. The van der Waals surface area contributed by atoms with Crippen molar-refractivity contribution in [3.8, 4) is 0 Å². The Balaban J connectivity index is 1.90. The van der Waals surface area contributed by atoms with E-state index >= 15 is 0 Å². The highest BCUT2D eigenvalue weighted by Gasteiger charge is 2.10. The summed E-state index contributed by atoms with van der Waals surface area (Å²) in [5.41, 5.74) is 0.177. The van der Waals surface area contributed by atoms with E-state index in [4.69, 9.17) is 0 Å². The van der Waals surface area contributed by atoms with Crippen molar-refractivity contribution in [3.05, 3.63) is 65.5 Å². The van der Waals surface area contributed by atoms with Crippen molar-refractivity contribution in [1.82, 2.24) is 0 Å². The number of Topliss-reactive ketones (excluding diaryl/α,β-unsaturated/α-hetero) is 1. The van der Waals surface area contributed by atoms with Crippen molar-refractivity contribution in [2.45, 2.75) is 11.3 Å². The molecule has 0 spiro atoms. The molecule has 20 heavy (non-hydrogen) atoms. The van der Waals surface area contributed by atoms with Gasteiger partial charge in [0.2, 0.25) is 0 Å². The first-order valence-electron chi connectivity index (χ1n) is 5.88. The number of carbonyl (C=O) groups is 1. The van der Waals surface area contributed by atoms with Crippen molar-refractivity contribution in [2.24, 2.45) is 0 Å². The van der Waals surface area contributed by atoms with Crippen LogP contribution in [0.1, 0.15) is 5.56 Å². The summed E-state index contributed by atoms with van der Waals surface area (Å²) in [7, 11) is 0. The smallest absolute Gasteiger partial charge is 0.147 e.